The second-order valence-electron chi connectivity index (χ2n) is 7.95. The van der Waals surface area contributed by atoms with Crippen LogP contribution in [-0.4, -0.2) is 41.8 Å². The summed E-state index contributed by atoms with van der Waals surface area (Å²) in [6, 6.07) is 19.4. The van der Waals surface area contributed by atoms with Gasteiger partial charge in [0.05, 0.1) is 35.4 Å². The monoisotopic (exact) mass is 428 g/mol. The molecule has 0 N–H and O–H groups in total. The van der Waals surface area contributed by atoms with Gasteiger partial charge in [-0.3, -0.25) is 9.59 Å². The van der Waals surface area contributed by atoms with E-state index in [0.29, 0.717) is 30.0 Å². The summed E-state index contributed by atoms with van der Waals surface area (Å²) in [7, 11) is 1.74. The van der Waals surface area contributed by atoms with Crippen molar-refractivity contribution >= 4 is 23.2 Å². The molecule has 2 aliphatic rings. The maximum atomic E-state index is 13.7. The molecule has 164 valence electrons. The SMILES string of the molecule is C=COCCCCCCN1C(=O)C2=C(c3ccccc3)N(C)C(=O)C2=C1c1ccccc1. The van der Waals surface area contributed by atoms with E-state index in [9.17, 15) is 9.59 Å². The van der Waals surface area contributed by atoms with Crippen molar-refractivity contribution in [2.45, 2.75) is 25.7 Å². The number of unbranched alkanes of at least 4 members (excludes halogenated alkanes) is 3. The largest absolute Gasteiger partial charge is 0.502 e. The topological polar surface area (TPSA) is 49.9 Å². The van der Waals surface area contributed by atoms with Crippen LogP contribution < -0.4 is 0 Å². The van der Waals surface area contributed by atoms with E-state index in [2.05, 4.69) is 6.58 Å². The number of fused-ring (bicyclic) bond motifs is 1. The quantitative estimate of drug-likeness (QED) is 0.402. The van der Waals surface area contributed by atoms with Crippen molar-refractivity contribution in [3.05, 3.63) is 95.8 Å². The van der Waals surface area contributed by atoms with Crippen LogP contribution in [0.5, 0.6) is 0 Å². The number of hydrogen-bond acceptors (Lipinski definition) is 3. The van der Waals surface area contributed by atoms with Crippen LogP contribution in [0, 0.1) is 0 Å². The third-order valence-corrected chi connectivity index (χ3v) is 5.91. The molecule has 2 amide bonds. The van der Waals surface area contributed by atoms with Crippen molar-refractivity contribution < 1.29 is 14.3 Å². The molecular weight excluding hydrogens is 400 g/mol. The number of carbonyl (C=O) groups excluding carboxylic acids is 2. The molecule has 5 heteroatoms. The van der Waals surface area contributed by atoms with Crippen molar-refractivity contribution in [3.8, 4) is 0 Å². The van der Waals surface area contributed by atoms with E-state index in [4.69, 9.17) is 4.74 Å². The maximum absolute atomic E-state index is 13.7. The Balaban J connectivity index is 1.67. The van der Waals surface area contributed by atoms with E-state index in [0.717, 1.165) is 42.5 Å². The van der Waals surface area contributed by atoms with Gasteiger partial charge in [0, 0.05) is 13.6 Å². The first-order chi connectivity index (χ1) is 15.6. The molecule has 0 fully saturated rings. The predicted molar refractivity (Wildman–Crippen MR) is 126 cm³/mol. The molecule has 2 aromatic carbocycles. The van der Waals surface area contributed by atoms with Gasteiger partial charge in [0.1, 0.15) is 0 Å². The minimum atomic E-state index is -0.130. The van der Waals surface area contributed by atoms with Gasteiger partial charge in [0.2, 0.25) is 0 Å². The molecule has 4 rings (SSSR count). The molecule has 2 aromatic rings. The Kier molecular flexibility index (Phi) is 6.55. The lowest BCUT2D eigenvalue weighted by Gasteiger charge is -2.23. The zero-order valence-corrected chi connectivity index (χ0v) is 18.4. The van der Waals surface area contributed by atoms with Crippen LogP contribution in [0.25, 0.3) is 11.4 Å². The summed E-state index contributed by atoms with van der Waals surface area (Å²) in [5.41, 5.74) is 4.21. The first-order valence-electron chi connectivity index (χ1n) is 11.1. The van der Waals surface area contributed by atoms with Crippen LogP contribution in [0.3, 0.4) is 0 Å². The van der Waals surface area contributed by atoms with Crippen molar-refractivity contribution in [1.82, 2.24) is 9.80 Å². The van der Waals surface area contributed by atoms with Gasteiger partial charge < -0.3 is 14.5 Å². The van der Waals surface area contributed by atoms with Gasteiger partial charge in [0.25, 0.3) is 11.8 Å². The van der Waals surface area contributed by atoms with Gasteiger partial charge in [-0.2, -0.15) is 0 Å². The van der Waals surface area contributed by atoms with E-state index in [1.165, 1.54) is 6.26 Å². The molecule has 0 unspecified atom stereocenters. The highest BCUT2D eigenvalue weighted by Crippen LogP contribution is 2.45. The lowest BCUT2D eigenvalue weighted by Crippen LogP contribution is -2.29. The van der Waals surface area contributed by atoms with Crippen molar-refractivity contribution in [3.63, 3.8) is 0 Å². The average molecular weight is 429 g/mol. The fourth-order valence-corrected chi connectivity index (χ4v) is 4.40. The molecule has 2 heterocycles. The molecule has 2 aliphatic heterocycles. The highest BCUT2D eigenvalue weighted by molar-refractivity contribution is 6.30. The van der Waals surface area contributed by atoms with Gasteiger partial charge in [-0.05, 0) is 24.0 Å². The number of rotatable bonds is 10. The van der Waals surface area contributed by atoms with E-state index >= 15 is 0 Å². The molecule has 0 saturated carbocycles. The summed E-state index contributed by atoms with van der Waals surface area (Å²) in [5, 5.41) is 0. The summed E-state index contributed by atoms with van der Waals surface area (Å²) >= 11 is 0. The Hall–Kier alpha value is -3.60. The Labute approximate surface area is 189 Å². The van der Waals surface area contributed by atoms with Crippen molar-refractivity contribution in [2.75, 3.05) is 20.2 Å². The minimum absolute atomic E-state index is 0.0922. The zero-order valence-electron chi connectivity index (χ0n) is 18.4. The molecule has 0 aliphatic carbocycles. The van der Waals surface area contributed by atoms with Gasteiger partial charge in [-0.1, -0.05) is 80.1 Å². The Morgan fingerprint density at radius 2 is 1.34 bits per heavy atom. The fourth-order valence-electron chi connectivity index (χ4n) is 4.40. The molecule has 0 atom stereocenters. The van der Waals surface area contributed by atoms with E-state index < -0.39 is 0 Å². The molecule has 0 spiro atoms. The number of nitrogens with zero attached hydrogens (tertiary/aromatic N) is 2. The number of likely N-dealkylation sites (N-methyl/N-ethyl adjacent to an activating group) is 1. The van der Waals surface area contributed by atoms with Gasteiger partial charge in [-0.25, -0.2) is 0 Å². The normalized spacial score (nSPS) is 15.7. The van der Waals surface area contributed by atoms with Crippen LogP contribution in [0.2, 0.25) is 0 Å². The fraction of sp³-hybridized carbons (Fsp3) is 0.259. The average Bonchev–Trinajstić information content (AvgIpc) is 3.25. The zero-order chi connectivity index (χ0) is 22.5. The lowest BCUT2D eigenvalue weighted by atomic mass is 10.0. The summed E-state index contributed by atoms with van der Waals surface area (Å²) in [4.78, 5) is 30.4. The molecule has 0 saturated heterocycles. The number of ether oxygens (including phenoxy) is 1. The molecule has 0 aromatic heterocycles. The van der Waals surface area contributed by atoms with E-state index in [1.807, 2.05) is 60.7 Å². The van der Waals surface area contributed by atoms with Crippen LogP contribution in [0.1, 0.15) is 36.8 Å². The van der Waals surface area contributed by atoms with E-state index in [1.54, 1.807) is 16.8 Å². The summed E-state index contributed by atoms with van der Waals surface area (Å²) < 4.78 is 5.18. The van der Waals surface area contributed by atoms with Gasteiger partial charge in [-0.15, -0.1) is 0 Å². The second-order valence-corrected chi connectivity index (χ2v) is 7.95. The van der Waals surface area contributed by atoms with Crippen molar-refractivity contribution in [1.29, 1.82) is 0 Å². The van der Waals surface area contributed by atoms with E-state index in [-0.39, 0.29) is 11.8 Å². The third kappa shape index (κ3) is 3.98. The second kappa shape index (κ2) is 9.69. The van der Waals surface area contributed by atoms with Crippen LogP contribution >= 0.6 is 0 Å². The lowest BCUT2D eigenvalue weighted by molar-refractivity contribution is -0.123. The van der Waals surface area contributed by atoms with Gasteiger partial charge in [0.15, 0.2) is 0 Å². The molecular formula is C27H28N2O3. The third-order valence-electron chi connectivity index (χ3n) is 5.91. The molecule has 0 radical (unpaired) electrons. The van der Waals surface area contributed by atoms with Crippen LogP contribution in [0.15, 0.2) is 84.7 Å². The van der Waals surface area contributed by atoms with Gasteiger partial charge >= 0.3 is 0 Å². The molecule has 32 heavy (non-hydrogen) atoms. The smallest absolute Gasteiger partial charge is 0.261 e. The standard InChI is InChI=1S/C27H28N2O3/c1-3-32-19-13-5-4-12-18-29-25(21-16-10-7-11-17-21)23-22(27(29)31)24(28(2)26(23)30)20-14-8-6-9-15-20/h3,6-11,14-17H,1,4-5,12-13,18-19H2,2H3. The van der Waals surface area contributed by atoms with Crippen LogP contribution in [-0.2, 0) is 14.3 Å². The minimum Gasteiger partial charge on any atom is -0.502 e. The summed E-state index contributed by atoms with van der Waals surface area (Å²) in [6.45, 7) is 4.80. The first kappa shape index (κ1) is 21.6. The Morgan fingerprint density at radius 1 is 0.781 bits per heavy atom. The Bertz CT molecular complexity index is 1070. The number of benzene rings is 2. The Morgan fingerprint density at radius 3 is 1.97 bits per heavy atom. The molecule has 5 nitrogen and oxygen atoms in total. The highest BCUT2D eigenvalue weighted by Gasteiger charge is 2.47. The first-order valence-corrected chi connectivity index (χ1v) is 11.1. The predicted octanol–water partition coefficient (Wildman–Crippen LogP) is 4.84. The molecule has 0 bridgehead atoms. The number of hydrogen-bond donors (Lipinski definition) is 0. The number of carbonyl (C=O) groups is 2. The highest BCUT2D eigenvalue weighted by atomic mass is 16.5. The maximum Gasteiger partial charge on any atom is 0.261 e. The summed E-state index contributed by atoms with van der Waals surface area (Å²) in [5.74, 6) is -0.222. The van der Waals surface area contributed by atoms with Crippen LogP contribution in [0.4, 0.5) is 0 Å². The van der Waals surface area contributed by atoms with Crippen molar-refractivity contribution in [2.24, 2.45) is 0 Å². The summed E-state index contributed by atoms with van der Waals surface area (Å²) in [6.07, 6.45) is 5.29. The number of amides is 2.